The van der Waals surface area contributed by atoms with Crippen LogP contribution >= 0.6 is 23.2 Å². The van der Waals surface area contributed by atoms with Gasteiger partial charge in [0, 0.05) is 11.3 Å². The van der Waals surface area contributed by atoms with Crippen LogP contribution in [0.3, 0.4) is 0 Å². The van der Waals surface area contributed by atoms with Crippen molar-refractivity contribution < 1.29 is 13.9 Å². The average Bonchev–Trinajstić information content (AvgIpc) is 3.12. The number of carbonyl (C=O) groups excluding carboxylic acids is 1. The highest BCUT2D eigenvalue weighted by atomic mass is 35.5. The third-order valence-corrected chi connectivity index (χ3v) is 5.04. The number of oxazole rings is 1. The van der Waals surface area contributed by atoms with Gasteiger partial charge in [-0.05, 0) is 61.0 Å². The zero-order valence-electron chi connectivity index (χ0n) is 15.6. The molecule has 0 bridgehead atoms. The van der Waals surface area contributed by atoms with Gasteiger partial charge in [-0.25, -0.2) is 4.98 Å². The van der Waals surface area contributed by atoms with Gasteiger partial charge < -0.3 is 14.5 Å². The van der Waals surface area contributed by atoms with Crippen LogP contribution in [-0.4, -0.2) is 18.0 Å². The normalized spacial score (nSPS) is 10.9. The maximum absolute atomic E-state index is 12.6. The summed E-state index contributed by atoms with van der Waals surface area (Å²) in [7, 11) is 1.52. The highest BCUT2D eigenvalue weighted by molar-refractivity contribution is 6.33. The summed E-state index contributed by atoms with van der Waals surface area (Å²) in [6.07, 6.45) is 0. The van der Waals surface area contributed by atoms with E-state index in [9.17, 15) is 4.79 Å². The van der Waals surface area contributed by atoms with Crippen molar-refractivity contribution in [2.45, 2.75) is 6.92 Å². The van der Waals surface area contributed by atoms with E-state index in [2.05, 4.69) is 10.3 Å². The Morgan fingerprint density at radius 3 is 2.62 bits per heavy atom. The first kappa shape index (κ1) is 19.3. The Hall–Kier alpha value is -3.02. The molecule has 4 rings (SSSR count). The molecule has 0 aliphatic carbocycles. The zero-order valence-corrected chi connectivity index (χ0v) is 17.1. The summed E-state index contributed by atoms with van der Waals surface area (Å²) >= 11 is 12.5. The molecule has 1 aromatic heterocycles. The van der Waals surface area contributed by atoms with Crippen LogP contribution in [-0.2, 0) is 0 Å². The van der Waals surface area contributed by atoms with Crippen LogP contribution in [0.25, 0.3) is 22.6 Å². The van der Waals surface area contributed by atoms with E-state index in [4.69, 9.17) is 32.4 Å². The van der Waals surface area contributed by atoms with Crippen molar-refractivity contribution >= 4 is 45.9 Å². The Morgan fingerprint density at radius 1 is 1.03 bits per heavy atom. The number of halogens is 2. The molecule has 0 fully saturated rings. The number of nitrogens with one attached hydrogen (secondary N) is 1. The van der Waals surface area contributed by atoms with Crippen molar-refractivity contribution in [3.63, 3.8) is 0 Å². The van der Waals surface area contributed by atoms with E-state index in [0.717, 1.165) is 11.1 Å². The number of carbonyl (C=O) groups is 1. The summed E-state index contributed by atoms with van der Waals surface area (Å²) in [5, 5.41) is 3.67. The Kier molecular flexibility index (Phi) is 5.18. The molecule has 1 amide bonds. The second kappa shape index (κ2) is 7.78. The monoisotopic (exact) mass is 426 g/mol. The van der Waals surface area contributed by atoms with Crippen LogP contribution in [0.4, 0.5) is 5.69 Å². The Bertz CT molecular complexity index is 1230. The highest BCUT2D eigenvalue weighted by Gasteiger charge is 2.15. The lowest BCUT2D eigenvalue weighted by molar-refractivity contribution is 0.102. The number of nitrogens with zero attached hydrogens (tertiary/aromatic N) is 1. The van der Waals surface area contributed by atoms with Crippen LogP contribution < -0.4 is 10.1 Å². The molecule has 0 unspecified atom stereocenters. The first-order valence-corrected chi connectivity index (χ1v) is 9.52. The molecule has 0 radical (unpaired) electrons. The van der Waals surface area contributed by atoms with Gasteiger partial charge >= 0.3 is 0 Å². The minimum atomic E-state index is -0.309. The number of fused-ring (bicyclic) bond motifs is 1. The van der Waals surface area contributed by atoms with Gasteiger partial charge in [-0.1, -0.05) is 29.3 Å². The Labute approximate surface area is 177 Å². The number of methoxy groups -OCH3 is 1. The molecule has 0 aliphatic heterocycles. The maximum atomic E-state index is 12.6. The number of rotatable bonds is 4. The Morgan fingerprint density at radius 2 is 1.86 bits per heavy atom. The van der Waals surface area contributed by atoms with Gasteiger partial charge in [-0.3, -0.25) is 4.79 Å². The molecule has 0 saturated carbocycles. The number of aryl methyl sites for hydroxylation is 1. The van der Waals surface area contributed by atoms with E-state index in [1.54, 1.807) is 36.4 Å². The minimum absolute atomic E-state index is 0.309. The van der Waals surface area contributed by atoms with E-state index in [1.165, 1.54) is 7.11 Å². The van der Waals surface area contributed by atoms with Crippen LogP contribution in [0.5, 0.6) is 5.75 Å². The molecule has 7 heteroatoms. The lowest BCUT2D eigenvalue weighted by atomic mass is 10.1. The molecule has 0 spiro atoms. The third kappa shape index (κ3) is 3.92. The lowest BCUT2D eigenvalue weighted by Gasteiger charge is -2.09. The van der Waals surface area contributed by atoms with Crippen molar-refractivity contribution in [2.75, 3.05) is 12.4 Å². The molecule has 3 aromatic carbocycles. The molecule has 1 heterocycles. The first-order valence-electron chi connectivity index (χ1n) is 8.76. The quantitative estimate of drug-likeness (QED) is 0.411. The predicted octanol–water partition coefficient (Wildman–Crippen LogP) is 6.37. The van der Waals surface area contributed by atoms with Crippen molar-refractivity contribution in [1.29, 1.82) is 0 Å². The molecule has 5 nitrogen and oxygen atoms in total. The molecule has 0 saturated heterocycles. The van der Waals surface area contributed by atoms with Gasteiger partial charge in [0.2, 0.25) is 5.89 Å². The Balaban J connectivity index is 1.64. The van der Waals surface area contributed by atoms with E-state index in [0.29, 0.717) is 44.1 Å². The zero-order chi connectivity index (χ0) is 20.5. The first-order chi connectivity index (χ1) is 13.9. The average molecular weight is 427 g/mol. The van der Waals surface area contributed by atoms with Gasteiger partial charge in [0.1, 0.15) is 11.3 Å². The molecule has 0 aliphatic rings. The van der Waals surface area contributed by atoms with E-state index < -0.39 is 0 Å². The largest absolute Gasteiger partial charge is 0.495 e. The third-order valence-electron chi connectivity index (χ3n) is 4.41. The van der Waals surface area contributed by atoms with Crippen molar-refractivity contribution in [3.8, 4) is 17.2 Å². The summed E-state index contributed by atoms with van der Waals surface area (Å²) in [6, 6.07) is 15.7. The van der Waals surface area contributed by atoms with E-state index in [-0.39, 0.29) is 5.91 Å². The summed E-state index contributed by atoms with van der Waals surface area (Å²) in [5.41, 5.74) is 4.04. The van der Waals surface area contributed by atoms with Crippen molar-refractivity contribution in [3.05, 3.63) is 75.8 Å². The number of amides is 1. The molecule has 1 N–H and O–H groups in total. The second-order valence-electron chi connectivity index (χ2n) is 6.49. The summed E-state index contributed by atoms with van der Waals surface area (Å²) in [5.74, 6) is 0.582. The van der Waals surface area contributed by atoms with Crippen LogP contribution in [0, 0.1) is 6.92 Å². The molecular formula is C22H16Cl2N2O3. The molecular weight excluding hydrogens is 411 g/mol. The minimum Gasteiger partial charge on any atom is -0.495 e. The molecule has 146 valence electrons. The maximum Gasteiger partial charge on any atom is 0.255 e. The summed E-state index contributed by atoms with van der Waals surface area (Å²) in [4.78, 5) is 17.1. The van der Waals surface area contributed by atoms with E-state index in [1.807, 2.05) is 25.1 Å². The van der Waals surface area contributed by atoms with Crippen molar-refractivity contribution in [2.24, 2.45) is 0 Å². The standard InChI is InChI=1S/C22H16Cl2N2O3/c1-12-3-7-18-20(9-12)29-22(26-18)15-11-14(5-6-16(15)23)25-21(27)13-4-8-19(28-2)17(24)10-13/h3-11H,1-2H3,(H,25,27). The SMILES string of the molecule is COc1ccc(C(=O)Nc2ccc(Cl)c(-c3nc4ccc(C)cc4o3)c2)cc1Cl. The molecule has 29 heavy (non-hydrogen) atoms. The summed E-state index contributed by atoms with van der Waals surface area (Å²) < 4.78 is 11.0. The lowest BCUT2D eigenvalue weighted by Crippen LogP contribution is -2.12. The number of benzene rings is 3. The number of anilines is 1. The molecule has 0 atom stereocenters. The number of hydrogen-bond donors (Lipinski definition) is 1. The fourth-order valence-corrected chi connectivity index (χ4v) is 3.38. The fraction of sp³-hybridized carbons (Fsp3) is 0.0909. The van der Waals surface area contributed by atoms with Gasteiger partial charge in [-0.2, -0.15) is 0 Å². The van der Waals surface area contributed by atoms with Gasteiger partial charge in [0.25, 0.3) is 5.91 Å². The number of hydrogen-bond acceptors (Lipinski definition) is 4. The van der Waals surface area contributed by atoms with Crippen LogP contribution in [0.2, 0.25) is 10.0 Å². The van der Waals surface area contributed by atoms with Crippen LogP contribution in [0.1, 0.15) is 15.9 Å². The highest BCUT2D eigenvalue weighted by Crippen LogP contribution is 2.33. The van der Waals surface area contributed by atoms with Crippen molar-refractivity contribution in [1.82, 2.24) is 4.98 Å². The molecule has 4 aromatic rings. The van der Waals surface area contributed by atoms with E-state index >= 15 is 0 Å². The van der Waals surface area contributed by atoms with Crippen LogP contribution in [0.15, 0.2) is 59.0 Å². The topological polar surface area (TPSA) is 64.4 Å². The second-order valence-corrected chi connectivity index (χ2v) is 7.30. The predicted molar refractivity (Wildman–Crippen MR) is 115 cm³/mol. The fourth-order valence-electron chi connectivity index (χ4n) is 2.92. The van der Waals surface area contributed by atoms with Gasteiger partial charge in [0.15, 0.2) is 5.58 Å². The van der Waals surface area contributed by atoms with Gasteiger partial charge in [0.05, 0.1) is 22.7 Å². The smallest absolute Gasteiger partial charge is 0.255 e. The number of aromatic nitrogens is 1. The summed E-state index contributed by atoms with van der Waals surface area (Å²) in [6.45, 7) is 1.98. The number of ether oxygens (including phenoxy) is 1. The van der Waals surface area contributed by atoms with Gasteiger partial charge in [-0.15, -0.1) is 0 Å².